The molecule has 0 bridgehead atoms. The van der Waals surface area contributed by atoms with E-state index >= 15 is 0 Å². The molecule has 1 atom stereocenters. The van der Waals surface area contributed by atoms with E-state index in [0.29, 0.717) is 24.0 Å². The van der Waals surface area contributed by atoms with Crippen molar-refractivity contribution in [1.29, 1.82) is 0 Å². The highest BCUT2D eigenvalue weighted by molar-refractivity contribution is 5.95. The molecule has 1 rings (SSSR count). The first kappa shape index (κ1) is 13.3. The molecule has 0 aliphatic heterocycles. The molecule has 1 unspecified atom stereocenters. The van der Waals surface area contributed by atoms with Gasteiger partial charge in [-0.25, -0.2) is 4.79 Å². The van der Waals surface area contributed by atoms with Gasteiger partial charge in [0.2, 0.25) is 0 Å². The standard InChI is InChI=1S/C12H19N3O2/c1-8(15(2)3)7-14-11-5-4-9(13)6-10(11)12(16)17/h4-6,8,14H,7,13H2,1-3H3,(H,16,17). The van der Waals surface area contributed by atoms with Crippen molar-refractivity contribution >= 4 is 17.3 Å². The van der Waals surface area contributed by atoms with Gasteiger partial charge in [0, 0.05) is 24.0 Å². The van der Waals surface area contributed by atoms with Crippen LogP contribution in [0.4, 0.5) is 11.4 Å². The Bertz CT molecular complexity index is 405. The van der Waals surface area contributed by atoms with Crippen molar-refractivity contribution < 1.29 is 9.90 Å². The number of nitrogen functional groups attached to an aromatic ring is 1. The van der Waals surface area contributed by atoms with E-state index in [4.69, 9.17) is 10.8 Å². The maximum absolute atomic E-state index is 11.0. The third kappa shape index (κ3) is 3.64. The Morgan fingerprint density at radius 1 is 1.53 bits per heavy atom. The summed E-state index contributed by atoms with van der Waals surface area (Å²) < 4.78 is 0. The molecule has 0 fully saturated rings. The summed E-state index contributed by atoms with van der Waals surface area (Å²) in [5.74, 6) is -0.975. The number of nitrogens with one attached hydrogen (secondary N) is 1. The molecule has 0 radical (unpaired) electrons. The lowest BCUT2D eigenvalue weighted by Gasteiger charge is -2.21. The molecule has 0 heterocycles. The van der Waals surface area contributed by atoms with Crippen LogP contribution in [0.3, 0.4) is 0 Å². The number of likely N-dealkylation sites (N-methyl/N-ethyl adjacent to an activating group) is 1. The number of carboxylic acid groups (broad SMARTS) is 1. The third-order valence-corrected chi connectivity index (χ3v) is 2.74. The van der Waals surface area contributed by atoms with Gasteiger partial charge in [-0.15, -0.1) is 0 Å². The molecule has 4 N–H and O–H groups in total. The van der Waals surface area contributed by atoms with Gasteiger partial charge in [-0.05, 0) is 39.2 Å². The summed E-state index contributed by atoms with van der Waals surface area (Å²) in [5.41, 5.74) is 6.82. The van der Waals surface area contributed by atoms with Gasteiger partial charge in [0.05, 0.1) is 5.56 Å². The van der Waals surface area contributed by atoms with Crippen molar-refractivity contribution in [2.75, 3.05) is 31.7 Å². The lowest BCUT2D eigenvalue weighted by molar-refractivity contribution is 0.0698. The second-order valence-electron chi connectivity index (χ2n) is 4.30. The number of nitrogens with zero attached hydrogens (tertiary/aromatic N) is 1. The molecule has 94 valence electrons. The van der Waals surface area contributed by atoms with Crippen molar-refractivity contribution in [3.05, 3.63) is 23.8 Å². The van der Waals surface area contributed by atoms with Gasteiger partial charge < -0.3 is 21.1 Å². The molecular weight excluding hydrogens is 218 g/mol. The van der Waals surface area contributed by atoms with Gasteiger partial charge in [0.1, 0.15) is 0 Å². The molecule has 5 nitrogen and oxygen atoms in total. The molecule has 5 heteroatoms. The molecule has 0 aliphatic rings. The highest BCUT2D eigenvalue weighted by Gasteiger charge is 2.11. The monoisotopic (exact) mass is 237 g/mol. The van der Waals surface area contributed by atoms with Crippen LogP contribution in [0.15, 0.2) is 18.2 Å². The Morgan fingerprint density at radius 3 is 2.71 bits per heavy atom. The van der Waals surface area contributed by atoms with Gasteiger partial charge in [-0.2, -0.15) is 0 Å². The first-order chi connectivity index (χ1) is 7.91. The molecule has 0 spiro atoms. The lowest BCUT2D eigenvalue weighted by Crippen LogP contribution is -2.31. The van der Waals surface area contributed by atoms with E-state index in [0.717, 1.165) is 0 Å². The molecule has 0 saturated carbocycles. The second-order valence-corrected chi connectivity index (χ2v) is 4.30. The van der Waals surface area contributed by atoms with Crippen LogP contribution in [0.2, 0.25) is 0 Å². The van der Waals surface area contributed by atoms with E-state index in [-0.39, 0.29) is 5.56 Å². The van der Waals surface area contributed by atoms with Crippen LogP contribution in [0.25, 0.3) is 0 Å². The Balaban J connectivity index is 2.80. The molecule has 17 heavy (non-hydrogen) atoms. The van der Waals surface area contributed by atoms with E-state index in [1.807, 2.05) is 14.1 Å². The zero-order valence-corrected chi connectivity index (χ0v) is 10.4. The van der Waals surface area contributed by atoms with Crippen LogP contribution in [0.5, 0.6) is 0 Å². The van der Waals surface area contributed by atoms with Crippen LogP contribution < -0.4 is 11.1 Å². The third-order valence-electron chi connectivity index (χ3n) is 2.74. The quantitative estimate of drug-likeness (QED) is 0.673. The predicted molar refractivity (Wildman–Crippen MR) is 69.5 cm³/mol. The summed E-state index contributed by atoms with van der Waals surface area (Å²) in [7, 11) is 3.96. The highest BCUT2D eigenvalue weighted by Crippen LogP contribution is 2.19. The molecule has 1 aromatic carbocycles. The Morgan fingerprint density at radius 2 is 2.18 bits per heavy atom. The predicted octanol–water partition coefficient (Wildman–Crippen LogP) is 1.33. The summed E-state index contributed by atoms with van der Waals surface area (Å²) in [4.78, 5) is 13.1. The van der Waals surface area contributed by atoms with Crippen LogP contribution in [0.1, 0.15) is 17.3 Å². The summed E-state index contributed by atoms with van der Waals surface area (Å²) in [6.45, 7) is 2.74. The number of benzene rings is 1. The van der Waals surface area contributed by atoms with Gasteiger partial charge in [0.25, 0.3) is 0 Å². The molecule has 0 aliphatic carbocycles. The molecular formula is C12H19N3O2. The Labute approximate surface area is 101 Å². The van der Waals surface area contributed by atoms with Crippen LogP contribution in [-0.2, 0) is 0 Å². The zero-order chi connectivity index (χ0) is 13.0. The smallest absolute Gasteiger partial charge is 0.337 e. The number of hydrogen-bond acceptors (Lipinski definition) is 4. The Hall–Kier alpha value is -1.75. The van der Waals surface area contributed by atoms with E-state index in [1.54, 1.807) is 12.1 Å². The number of aromatic carboxylic acids is 1. The largest absolute Gasteiger partial charge is 0.478 e. The van der Waals surface area contributed by atoms with Gasteiger partial charge in [-0.3, -0.25) is 0 Å². The topological polar surface area (TPSA) is 78.6 Å². The van der Waals surface area contributed by atoms with E-state index in [9.17, 15) is 4.79 Å². The fourth-order valence-electron chi connectivity index (χ4n) is 1.33. The minimum Gasteiger partial charge on any atom is -0.478 e. The van der Waals surface area contributed by atoms with Gasteiger partial charge in [-0.1, -0.05) is 0 Å². The molecule has 1 aromatic rings. The van der Waals surface area contributed by atoms with E-state index in [1.165, 1.54) is 6.07 Å². The Kier molecular flexibility index (Phi) is 4.34. The maximum Gasteiger partial charge on any atom is 0.337 e. The summed E-state index contributed by atoms with van der Waals surface area (Å²) in [5, 5.41) is 12.2. The van der Waals surface area contributed by atoms with E-state index in [2.05, 4.69) is 17.1 Å². The van der Waals surface area contributed by atoms with Crippen LogP contribution >= 0.6 is 0 Å². The van der Waals surface area contributed by atoms with E-state index < -0.39 is 5.97 Å². The average molecular weight is 237 g/mol. The molecule has 0 saturated heterocycles. The van der Waals surface area contributed by atoms with Crippen LogP contribution in [0, 0.1) is 0 Å². The first-order valence-corrected chi connectivity index (χ1v) is 5.45. The normalized spacial score (nSPS) is 12.5. The average Bonchev–Trinajstić information content (AvgIpc) is 2.26. The highest BCUT2D eigenvalue weighted by atomic mass is 16.4. The maximum atomic E-state index is 11.0. The van der Waals surface area contributed by atoms with Crippen molar-refractivity contribution in [3.63, 3.8) is 0 Å². The number of carbonyl (C=O) groups is 1. The summed E-state index contributed by atoms with van der Waals surface area (Å²) in [6.07, 6.45) is 0. The fraction of sp³-hybridized carbons (Fsp3) is 0.417. The van der Waals surface area contributed by atoms with Crippen molar-refractivity contribution in [1.82, 2.24) is 4.90 Å². The van der Waals surface area contributed by atoms with Gasteiger partial charge >= 0.3 is 5.97 Å². The van der Waals surface area contributed by atoms with Crippen LogP contribution in [-0.4, -0.2) is 42.7 Å². The minimum atomic E-state index is -0.975. The molecule has 0 aromatic heterocycles. The number of hydrogen-bond donors (Lipinski definition) is 3. The number of rotatable bonds is 5. The second kappa shape index (κ2) is 5.54. The molecule has 0 amide bonds. The zero-order valence-electron chi connectivity index (χ0n) is 10.4. The van der Waals surface area contributed by atoms with Crippen molar-refractivity contribution in [3.8, 4) is 0 Å². The van der Waals surface area contributed by atoms with Crippen molar-refractivity contribution in [2.45, 2.75) is 13.0 Å². The minimum absolute atomic E-state index is 0.205. The number of anilines is 2. The SMILES string of the molecule is CC(CNc1ccc(N)cc1C(=O)O)N(C)C. The number of nitrogens with two attached hydrogens (primary N) is 1. The first-order valence-electron chi connectivity index (χ1n) is 5.45. The van der Waals surface area contributed by atoms with Gasteiger partial charge in [0.15, 0.2) is 0 Å². The summed E-state index contributed by atoms with van der Waals surface area (Å²) in [6, 6.07) is 5.16. The summed E-state index contributed by atoms with van der Waals surface area (Å²) >= 11 is 0. The fourth-order valence-corrected chi connectivity index (χ4v) is 1.33. The lowest BCUT2D eigenvalue weighted by atomic mass is 10.1. The van der Waals surface area contributed by atoms with Crippen molar-refractivity contribution in [2.24, 2.45) is 0 Å². The number of carboxylic acids is 1.